The molecule has 0 fully saturated rings. The van der Waals surface area contributed by atoms with Crippen LogP contribution in [0.5, 0.6) is 0 Å². The molecule has 11 heteroatoms. The molecule has 4 rings (SSSR count). The zero-order valence-electron chi connectivity index (χ0n) is 13.7. The van der Waals surface area contributed by atoms with Gasteiger partial charge in [-0.1, -0.05) is 28.4 Å². The summed E-state index contributed by atoms with van der Waals surface area (Å²) in [5.74, 6) is -0.138. The molecule has 142 valence electrons. The average molecular weight is 426 g/mol. The molecule has 0 amide bonds. The lowest BCUT2D eigenvalue weighted by molar-refractivity contribution is -0.142. The summed E-state index contributed by atoms with van der Waals surface area (Å²) in [4.78, 5) is 7.66. The minimum atomic E-state index is -4.71. The van der Waals surface area contributed by atoms with Gasteiger partial charge in [0.25, 0.3) is 0 Å². The van der Waals surface area contributed by atoms with Gasteiger partial charge in [-0.3, -0.25) is 9.97 Å². The van der Waals surface area contributed by atoms with Crippen LogP contribution < -0.4 is 0 Å². The van der Waals surface area contributed by atoms with Crippen LogP contribution in [0.25, 0.3) is 28.3 Å². The second-order valence-electron chi connectivity index (χ2n) is 5.58. The van der Waals surface area contributed by atoms with Crippen molar-refractivity contribution in [2.45, 2.75) is 6.18 Å². The predicted molar refractivity (Wildman–Crippen MR) is 95.1 cm³/mol. The molecule has 0 N–H and O–H groups in total. The molecule has 4 aromatic rings. The molecular formula is C17H8Cl2F3N5O. The van der Waals surface area contributed by atoms with Crippen molar-refractivity contribution in [3.8, 4) is 28.3 Å². The Morgan fingerprint density at radius 3 is 2.39 bits per heavy atom. The van der Waals surface area contributed by atoms with Crippen LogP contribution in [0.4, 0.5) is 13.2 Å². The molecule has 28 heavy (non-hydrogen) atoms. The second-order valence-corrected chi connectivity index (χ2v) is 6.40. The Morgan fingerprint density at radius 2 is 1.75 bits per heavy atom. The summed E-state index contributed by atoms with van der Waals surface area (Å²) in [6.07, 6.45) is 1.76. The Hall–Kier alpha value is -2.91. The van der Waals surface area contributed by atoms with E-state index in [1.54, 1.807) is 0 Å². The normalized spacial score (nSPS) is 11.8. The summed E-state index contributed by atoms with van der Waals surface area (Å²) in [5, 5.41) is 8.03. The first-order chi connectivity index (χ1) is 13.4. The standard InChI is InChI=1S/C17H8Cl2F3N5O/c18-11-7-24-8-12(19)15(11)13-4-14(28-26-13)10-6-25-27(16(10)17(20,21)22)9-2-1-3-23-5-9/h1-8H. The Labute approximate surface area is 165 Å². The zero-order valence-corrected chi connectivity index (χ0v) is 15.2. The molecule has 4 aromatic heterocycles. The average Bonchev–Trinajstić information content (AvgIpc) is 3.29. The lowest BCUT2D eigenvalue weighted by Gasteiger charge is -2.11. The van der Waals surface area contributed by atoms with Crippen molar-refractivity contribution < 1.29 is 17.7 Å². The first kappa shape index (κ1) is 18.5. The Kier molecular flexibility index (Phi) is 4.56. The molecule has 0 saturated carbocycles. The summed E-state index contributed by atoms with van der Waals surface area (Å²) in [6.45, 7) is 0. The van der Waals surface area contributed by atoms with E-state index < -0.39 is 11.9 Å². The SMILES string of the molecule is FC(F)(F)c1c(-c2cc(-c3c(Cl)cncc3Cl)no2)cnn1-c1cccnc1. The van der Waals surface area contributed by atoms with Gasteiger partial charge < -0.3 is 4.52 Å². The molecule has 0 aliphatic carbocycles. The molecule has 4 heterocycles. The number of hydrogen-bond acceptors (Lipinski definition) is 5. The molecule has 0 aromatic carbocycles. The van der Waals surface area contributed by atoms with Crippen LogP contribution in [0.3, 0.4) is 0 Å². The molecular weight excluding hydrogens is 418 g/mol. The summed E-state index contributed by atoms with van der Waals surface area (Å²) in [5.41, 5.74) is -0.663. The van der Waals surface area contributed by atoms with Crippen LogP contribution in [0.2, 0.25) is 10.0 Å². The van der Waals surface area contributed by atoms with Crippen molar-refractivity contribution in [1.82, 2.24) is 24.9 Å². The fraction of sp³-hybridized carbons (Fsp3) is 0.0588. The van der Waals surface area contributed by atoms with Crippen molar-refractivity contribution in [2.24, 2.45) is 0 Å². The van der Waals surface area contributed by atoms with Gasteiger partial charge in [-0.15, -0.1) is 0 Å². The van der Waals surface area contributed by atoms with Crippen molar-refractivity contribution in [1.29, 1.82) is 0 Å². The van der Waals surface area contributed by atoms with Crippen molar-refractivity contribution in [3.63, 3.8) is 0 Å². The summed E-state index contributed by atoms with van der Waals surface area (Å²) < 4.78 is 47.2. The fourth-order valence-electron chi connectivity index (χ4n) is 2.65. The second kappa shape index (κ2) is 6.92. The number of nitrogens with zero attached hydrogens (tertiary/aromatic N) is 5. The van der Waals surface area contributed by atoms with Gasteiger partial charge in [0.2, 0.25) is 0 Å². The van der Waals surface area contributed by atoms with E-state index in [9.17, 15) is 13.2 Å². The number of rotatable bonds is 3. The van der Waals surface area contributed by atoms with Crippen LogP contribution in [0.1, 0.15) is 5.69 Å². The molecule has 0 bridgehead atoms. The van der Waals surface area contributed by atoms with Crippen molar-refractivity contribution in [2.75, 3.05) is 0 Å². The van der Waals surface area contributed by atoms with Crippen LogP contribution in [0, 0.1) is 0 Å². The Bertz CT molecular complexity index is 1120. The number of aromatic nitrogens is 5. The maximum absolute atomic E-state index is 13.8. The largest absolute Gasteiger partial charge is 0.434 e. The first-order valence-corrected chi connectivity index (χ1v) is 8.44. The third-order valence-electron chi connectivity index (χ3n) is 3.81. The van der Waals surface area contributed by atoms with E-state index in [0.29, 0.717) is 5.56 Å². The maximum atomic E-state index is 13.8. The highest BCUT2D eigenvalue weighted by atomic mass is 35.5. The summed E-state index contributed by atoms with van der Waals surface area (Å²) in [6, 6.07) is 4.28. The van der Waals surface area contributed by atoms with Gasteiger partial charge in [-0.2, -0.15) is 18.3 Å². The minimum Gasteiger partial charge on any atom is -0.356 e. The monoisotopic (exact) mass is 425 g/mol. The van der Waals surface area contributed by atoms with E-state index in [1.165, 1.54) is 43.0 Å². The van der Waals surface area contributed by atoms with E-state index in [2.05, 4.69) is 20.2 Å². The molecule has 0 atom stereocenters. The van der Waals surface area contributed by atoms with Crippen LogP contribution in [-0.2, 0) is 6.18 Å². The van der Waals surface area contributed by atoms with Gasteiger partial charge >= 0.3 is 6.18 Å². The van der Waals surface area contributed by atoms with Crippen molar-refractivity contribution in [3.05, 3.63) is 64.9 Å². The summed E-state index contributed by atoms with van der Waals surface area (Å²) >= 11 is 12.2. The molecule has 0 radical (unpaired) electrons. The fourth-order valence-corrected chi connectivity index (χ4v) is 3.21. The molecule has 0 aliphatic rings. The van der Waals surface area contributed by atoms with E-state index >= 15 is 0 Å². The highest BCUT2D eigenvalue weighted by molar-refractivity contribution is 6.38. The molecule has 0 spiro atoms. The third kappa shape index (κ3) is 3.23. The zero-order chi connectivity index (χ0) is 19.9. The quantitative estimate of drug-likeness (QED) is 0.444. The van der Waals surface area contributed by atoms with E-state index in [4.69, 9.17) is 27.7 Å². The van der Waals surface area contributed by atoms with Crippen LogP contribution in [0.15, 0.2) is 53.7 Å². The molecule has 0 aliphatic heterocycles. The van der Waals surface area contributed by atoms with Gasteiger partial charge in [0.15, 0.2) is 11.5 Å². The minimum absolute atomic E-state index is 0.138. The highest BCUT2D eigenvalue weighted by Gasteiger charge is 2.40. The number of pyridine rings is 2. The van der Waals surface area contributed by atoms with E-state index in [-0.39, 0.29) is 32.8 Å². The smallest absolute Gasteiger partial charge is 0.356 e. The lowest BCUT2D eigenvalue weighted by atomic mass is 10.1. The highest BCUT2D eigenvalue weighted by Crippen LogP contribution is 2.40. The van der Waals surface area contributed by atoms with Gasteiger partial charge in [0.1, 0.15) is 5.69 Å². The van der Waals surface area contributed by atoms with Crippen LogP contribution in [-0.4, -0.2) is 24.9 Å². The predicted octanol–water partition coefficient (Wildman–Crippen LogP) is 5.31. The summed E-state index contributed by atoms with van der Waals surface area (Å²) in [7, 11) is 0. The lowest BCUT2D eigenvalue weighted by Crippen LogP contribution is -2.14. The van der Waals surface area contributed by atoms with Crippen molar-refractivity contribution >= 4 is 23.2 Å². The van der Waals surface area contributed by atoms with Gasteiger partial charge in [-0.25, -0.2) is 4.68 Å². The number of halogens is 5. The van der Waals surface area contributed by atoms with E-state index in [1.807, 2.05) is 0 Å². The topological polar surface area (TPSA) is 69.6 Å². The molecule has 0 saturated heterocycles. The Balaban J connectivity index is 1.85. The van der Waals surface area contributed by atoms with Gasteiger partial charge in [0.05, 0.1) is 33.7 Å². The van der Waals surface area contributed by atoms with Crippen LogP contribution >= 0.6 is 23.2 Å². The number of alkyl halides is 3. The Morgan fingerprint density at radius 1 is 1.00 bits per heavy atom. The molecule has 0 unspecified atom stereocenters. The number of hydrogen-bond donors (Lipinski definition) is 0. The molecule has 6 nitrogen and oxygen atoms in total. The maximum Gasteiger partial charge on any atom is 0.434 e. The van der Waals surface area contributed by atoms with E-state index in [0.717, 1.165) is 10.9 Å². The first-order valence-electron chi connectivity index (χ1n) is 7.68. The van der Waals surface area contributed by atoms with Gasteiger partial charge in [-0.05, 0) is 12.1 Å². The third-order valence-corrected chi connectivity index (χ3v) is 4.39. The van der Waals surface area contributed by atoms with Gasteiger partial charge in [0, 0.05) is 30.2 Å².